The third kappa shape index (κ3) is 6.19. The van der Waals surface area contributed by atoms with Gasteiger partial charge in [0.1, 0.15) is 0 Å². The Labute approximate surface area is 155 Å². The number of amides is 2. The van der Waals surface area contributed by atoms with Crippen molar-refractivity contribution in [3.63, 3.8) is 0 Å². The Morgan fingerprint density at radius 1 is 1.17 bits per heavy atom. The standard InChI is InChI=1S/C16H24N4O2.2ClH/c1-12-3-4-13(17)11-14(12)16(22)18-6-5-15(21)20-9-7-19(2)8-10-20;;/h3-4,11H,5-10,17H2,1-2H3,(H,18,22);2*1H. The number of anilines is 1. The minimum atomic E-state index is -0.184. The fraction of sp³-hybridized carbons (Fsp3) is 0.500. The van der Waals surface area contributed by atoms with Crippen molar-refractivity contribution in [3.05, 3.63) is 29.3 Å². The third-order valence-corrected chi connectivity index (χ3v) is 3.99. The number of carbonyl (C=O) groups excluding carboxylic acids is 2. The van der Waals surface area contributed by atoms with E-state index in [1.165, 1.54) is 0 Å². The maximum atomic E-state index is 12.1. The first kappa shape index (κ1) is 22.5. The van der Waals surface area contributed by atoms with Gasteiger partial charge in [-0.05, 0) is 31.7 Å². The van der Waals surface area contributed by atoms with Crippen molar-refractivity contribution in [3.8, 4) is 0 Å². The number of nitrogens with zero attached hydrogens (tertiary/aromatic N) is 2. The Bertz CT molecular complexity index is 561. The molecule has 0 spiro atoms. The summed E-state index contributed by atoms with van der Waals surface area (Å²) in [5.74, 6) is -0.0892. The maximum Gasteiger partial charge on any atom is 0.251 e. The number of rotatable bonds is 4. The summed E-state index contributed by atoms with van der Waals surface area (Å²) in [6.45, 7) is 5.54. The molecule has 2 amide bonds. The lowest BCUT2D eigenvalue weighted by Gasteiger charge is -2.32. The molecule has 1 heterocycles. The molecule has 0 radical (unpaired) electrons. The number of hydrogen-bond acceptors (Lipinski definition) is 4. The molecule has 1 aliphatic rings. The van der Waals surface area contributed by atoms with Crippen LogP contribution in [0.15, 0.2) is 18.2 Å². The third-order valence-electron chi connectivity index (χ3n) is 3.99. The van der Waals surface area contributed by atoms with Gasteiger partial charge in [0.15, 0.2) is 0 Å². The van der Waals surface area contributed by atoms with Crippen molar-refractivity contribution in [2.45, 2.75) is 13.3 Å². The van der Waals surface area contributed by atoms with Crippen LogP contribution in [0.4, 0.5) is 5.69 Å². The molecule has 1 aliphatic heterocycles. The lowest BCUT2D eigenvalue weighted by atomic mass is 10.1. The summed E-state index contributed by atoms with van der Waals surface area (Å²) in [5, 5.41) is 2.79. The zero-order valence-electron chi connectivity index (χ0n) is 14.1. The summed E-state index contributed by atoms with van der Waals surface area (Å²) in [6.07, 6.45) is 0.330. The highest BCUT2D eigenvalue weighted by Gasteiger charge is 2.18. The molecule has 0 aromatic heterocycles. The summed E-state index contributed by atoms with van der Waals surface area (Å²) in [6, 6.07) is 5.25. The van der Waals surface area contributed by atoms with E-state index in [1.54, 1.807) is 12.1 Å². The van der Waals surface area contributed by atoms with Crippen LogP contribution in [0.1, 0.15) is 22.3 Å². The Kier molecular flexibility index (Phi) is 9.73. The monoisotopic (exact) mass is 376 g/mol. The number of benzene rings is 1. The van der Waals surface area contributed by atoms with Gasteiger partial charge in [-0.25, -0.2) is 0 Å². The first-order chi connectivity index (χ1) is 10.5. The van der Waals surface area contributed by atoms with Gasteiger partial charge in [0.25, 0.3) is 5.91 Å². The molecule has 0 bridgehead atoms. The highest BCUT2D eigenvalue weighted by Crippen LogP contribution is 2.12. The summed E-state index contributed by atoms with van der Waals surface area (Å²) in [5.41, 5.74) is 7.70. The van der Waals surface area contributed by atoms with E-state index in [0.29, 0.717) is 24.2 Å². The molecule has 1 aromatic carbocycles. The average molecular weight is 377 g/mol. The van der Waals surface area contributed by atoms with Gasteiger partial charge in [-0.1, -0.05) is 6.07 Å². The number of nitrogen functional groups attached to an aromatic ring is 1. The van der Waals surface area contributed by atoms with Crippen LogP contribution in [-0.4, -0.2) is 61.4 Å². The molecule has 8 heteroatoms. The highest BCUT2D eigenvalue weighted by atomic mass is 35.5. The van der Waals surface area contributed by atoms with Gasteiger partial charge in [0, 0.05) is 50.4 Å². The molecular weight excluding hydrogens is 351 g/mol. The largest absolute Gasteiger partial charge is 0.399 e. The molecule has 1 saturated heterocycles. The molecule has 0 unspecified atom stereocenters. The zero-order chi connectivity index (χ0) is 16.1. The van der Waals surface area contributed by atoms with Crippen molar-refractivity contribution in [2.75, 3.05) is 45.5 Å². The highest BCUT2D eigenvalue weighted by molar-refractivity contribution is 5.96. The van der Waals surface area contributed by atoms with E-state index in [2.05, 4.69) is 17.3 Å². The second-order valence-electron chi connectivity index (χ2n) is 5.76. The van der Waals surface area contributed by atoms with Crippen molar-refractivity contribution in [1.82, 2.24) is 15.1 Å². The fourth-order valence-corrected chi connectivity index (χ4v) is 2.48. The molecule has 6 nitrogen and oxygen atoms in total. The van der Waals surface area contributed by atoms with E-state index in [1.807, 2.05) is 17.9 Å². The van der Waals surface area contributed by atoms with Crippen LogP contribution in [0.5, 0.6) is 0 Å². The van der Waals surface area contributed by atoms with E-state index in [4.69, 9.17) is 5.73 Å². The quantitative estimate of drug-likeness (QED) is 0.776. The number of nitrogens with one attached hydrogen (secondary N) is 1. The number of carbonyl (C=O) groups is 2. The lowest BCUT2D eigenvalue weighted by Crippen LogP contribution is -2.47. The Morgan fingerprint density at radius 2 is 1.79 bits per heavy atom. The number of aryl methyl sites for hydroxylation is 1. The van der Waals surface area contributed by atoms with E-state index >= 15 is 0 Å². The summed E-state index contributed by atoms with van der Waals surface area (Å²) in [7, 11) is 2.05. The number of hydrogen-bond donors (Lipinski definition) is 2. The topological polar surface area (TPSA) is 78.7 Å². The fourth-order valence-electron chi connectivity index (χ4n) is 2.48. The van der Waals surface area contributed by atoms with E-state index in [0.717, 1.165) is 31.7 Å². The van der Waals surface area contributed by atoms with Crippen molar-refractivity contribution < 1.29 is 9.59 Å². The zero-order valence-corrected chi connectivity index (χ0v) is 15.7. The molecule has 24 heavy (non-hydrogen) atoms. The minimum Gasteiger partial charge on any atom is -0.399 e. The van der Waals surface area contributed by atoms with E-state index < -0.39 is 0 Å². The molecule has 2 rings (SSSR count). The second kappa shape index (κ2) is 10.4. The lowest BCUT2D eigenvalue weighted by molar-refractivity contribution is -0.132. The SMILES string of the molecule is Cc1ccc(N)cc1C(=O)NCCC(=O)N1CCN(C)CC1.Cl.Cl. The molecule has 0 saturated carbocycles. The van der Waals surface area contributed by atoms with Gasteiger partial charge in [-0.2, -0.15) is 0 Å². The molecule has 1 fully saturated rings. The van der Waals surface area contributed by atoms with Crippen LogP contribution in [0.2, 0.25) is 0 Å². The molecule has 136 valence electrons. The first-order valence-electron chi connectivity index (χ1n) is 7.58. The van der Waals surface area contributed by atoms with Crippen LogP contribution in [-0.2, 0) is 4.79 Å². The Morgan fingerprint density at radius 3 is 2.42 bits per heavy atom. The predicted molar refractivity (Wildman–Crippen MR) is 101 cm³/mol. The smallest absolute Gasteiger partial charge is 0.251 e. The minimum absolute atomic E-state index is 0. The Hall–Kier alpha value is -1.50. The van der Waals surface area contributed by atoms with Gasteiger partial charge in [0.2, 0.25) is 5.91 Å². The summed E-state index contributed by atoms with van der Waals surface area (Å²) in [4.78, 5) is 28.3. The van der Waals surface area contributed by atoms with Gasteiger partial charge >= 0.3 is 0 Å². The normalized spacial score (nSPS) is 14.3. The second-order valence-corrected chi connectivity index (χ2v) is 5.76. The van der Waals surface area contributed by atoms with Gasteiger partial charge in [0.05, 0.1) is 0 Å². The van der Waals surface area contributed by atoms with Crippen molar-refractivity contribution in [1.29, 1.82) is 0 Å². The molecule has 1 aromatic rings. The average Bonchev–Trinajstić information content (AvgIpc) is 2.50. The van der Waals surface area contributed by atoms with Crippen LogP contribution in [0, 0.1) is 6.92 Å². The molecule has 0 aliphatic carbocycles. The molecular formula is C16H26Cl2N4O2. The number of halogens is 2. The first-order valence-corrected chi connectivity index (χ1v) is 7.58. The number of likely N-dealkylation sites (N-methyl/N-ethyl adjacent to an activating group) is 1. The van der Waals surface area contributed by atoms with Crippen LogP contribution < -0.4 is 11.1 Å². The molecule has 0 atom stereocenters. The van der Waals surface area contributed by atoms with Crippen molar-refractivity contribution >= 4 is 42.3 Å². The van der Waals surface area contributed by atoms with E-state index in [9.17, 15) is 9.59 Å². The van der Waals surface area contributed by atoms with E-state index in [-0.39, 0.29) is 36.6 Å². The number of piperazine rings is 1. The van der Waals surface area contributed by atoms with Gasteiger partial charge in [-0.3, -0.25) is 9.59 Å². The summed E-state index contributed by atoms with van der Waals surface area (Å²) < 4.78 is 0. The predicted octanol–water partition coefficient (Wildman–Crippen LogP) is 1.31. The van der Waals surface area contributed by atoms with Gasteiger partial charge < -0.3 is 20.9 Å². The van der Waals surface area contributed by atoms with Crippen LogP contribution >= 0.6 is 24.8 Å². The van der Waals surface area contributed by atoms with Crippen LogP contribution in [0.25, 0.3) is 0 Å². The van der Waals surface area contributed by atoms with Gasteiger partial charge in [-0.15, -0.1) is 24.8 Å². The van der Waals surface area contributed by atoms with Crippen molar-refractivity contribution in [2.24, 2.45) is 0 Å². The Balaban J connectivity index is 0.00000264. The molecule has 3 N–H and O–H groups in total. The van der Waals surface area contributed by atoms with Crippen LogP contribution in [0.3, 0.4) is 0 Å². The maximum absolute atomic E-state index is 12.1. The summed E-state index contributed by atoms with van der Waals surface area (Å²) >= 11 is 0. The number of nitrogens with two attached hydrogens (primary N) is 1.